The van der Waals surface area contributed by atoms with E-state index in [-0.39, 0.29) is 6.10 Å². The highest BCUT2D eigenvalue weighted by atomic mass is 16.5. The van der Waals surface area contributed by atoms with E-state index in [9.17, 15) is 0 Å². The fraction of sp³-hybridized carbons (Fsp3) is 0.688. The van der Waals surface area contributed by atoms with Gasteiger partial charge in [-0.05, 0) is 17.9 Å². The van der Waals surface area contributed by atoms with Crippen molar-refractivity contribution in [1.29, 1.82) is 0 Å². The highest BCUT2D eigenvalue weighted by Crippen LogP contribution is 2.04. The number of methoxy groups -OCH3 is 1. The topological polar surface area (TPSA) is 22.3 Å². The summed E-state index contributed by atoms with van der Waals surface area (Å²) in [7, 11) is 1.73. The van der Waals surface area contributed by atoms with E-state index in [4.69, 9.17) is 9.47 Å². The molecule has 0 aliphatic rings. The molecular weight excluding hydrogens is 238 g/mol. The molecule has 0 aliphatic carbocycles. The number of aromatic nitrogens is 1. The van der Waals surface area contributed by atoms with Crippen LogP contribution in [0.25, 0.3) is 0 Å². The molecule has 0 aromatic carbocycles. The van der Waals surface area contributed by atoms with Gasteiger partial charge < -0.3 is 9.47 Å². The maximum atomic E-state index is 5.95. The van der Waals surface area contributed by atoms with Gasteiger partial charge in [-0.1, -0.05) is 27.2 Å². The third-order valence-corrected chi connectivity index (χ3v) is 3.45. The maximum Gasteiger partial charge on any atom is 0.176 e. The Morgan fingerprint density at radius 1 is 1.16 bits per heavy atom. The Kier molecular flexibility index (Phi) is 7.68. The lowest BCUT2D eigenvalue weighted by Crippen LogP contribution is -2.42. The molecule has 3 heteroatoms. The normalized spacial score (nSPS) is 14.3. The smallest absolute Gasteiger partial charge is 0.176 e. The average molecular weight is 266 g/mol. The fourth-order valence-electron chi connectivity index (χ4n) is 1.84. The Bertz CT molecular complexity index is 337. The highest BCUT2D eigenvalue weighted by molar-refractivity contribution is 5.06. The summed E-state index contributed by atoms with van der Waals surface area (Å²) < 4.78 is 13.4. The Morgan fingerprint density at radius 2 is 1.84 bits per heavy atom. The Labute approximate surface area is 117 Å². The molecule has 3 nitrogen and oxygen atoms in total. The van der Waals surface area contributed by atoms with Crippen LogP contribution in [0.3, 0.4) is 0 Å². The first kappa shape index (κ1) is 16.1. The first-order valence-electron chi connectivity index (χ1n) is 7.28. The maximum absolute atomic E-state index is 5.95. The van der Waals surface area contributed by atoms with Gasteiger partial charge >= 0.3 is 0 Å². The van der Waals surface area contributed by atoms with Crippen LogP contribution in [0, 0.1) is 5.92 Å². The molecule has 1 aromatic rings. The van der Waals surface area contributed by atoms with Crippen molar-refractivity contribution in [3.63, 3.8) is 0 Å². The summed E-state index contributed by atoms with van der Waals surface area (Å²) in [6, 6.07) is 4.33. The number of aryl methyl sites for hydroxylation is 1. The number of hydrogen-bond donors (Lipinski definition) is 0. The zero-order valence-electron chi connectivity index (χ0n) is 12.8. The van der Waals surface area contributed by atoms with Gasteiger partial charge in [-0.25, -0.2) is 4.57 Å². The molecule has 0 saturated carbocycles. The first-order chi connectivity index (χ1) is 9.19. The zero-order chi connectivity index (χ0) is 14.1. The lowest BCUT2D eigenvalue weighted by Gasteiger charge is -2.17. The molecule has 2 atom stereocenters. The molecule has 19 heavy (non-hydrogen) atoms. The second kappa shape index (κ2) is 9.05. The van der Waals surface area contributed by atoms with E-state index in [2.05, 4.69) is 49.9 Å². The van der Waals surface area contributed by atoms with Crippen molar-refractivity contribution < 1.29 is 14.0 Å². The van der Waals surface area contributed by atoms with E-state index in [0.717, 1.165) is 26.0 Å². The number of hydrogen-bond acceptors (Lipinski definition) is 2. The largest absolute Gasteiger partial charge is 0.382 e. The van der Waals surface area contributed by atoms with Gasteiger partial charge in [0.05, 0.1) is 6.61 Å². The highest BCUT2D eigenvalue weighted by Gasteiger charge is 2.16. The molecule has 108 valence electrons. The Balaban J connectivity index is 2.51. The predicted molar refractivity (Wildman–Crippen MR) is 77.1 cm³/mol. The predicted octanol–water partition coefficient (Wildman–Crippen LogP) is 2.61. The van der Waals surface area contributed by atoms with Crippen LogP contribution in [-0.4, -0.2) is 26.4 Å². The first-order valence-corrected chi connectivity index (χ1v) is 7.28. The number of rotatable bonds is 9. The second-order valence-corrected chi connectivity index (χ2v) is 5.18. The van der Waals surface area contributed by atoms with E-state index in [0.29, 0.717) is 12.5 Å². The molecule has 0 fully saturated rings. The van der Waals surface area contributed by atoms with Crippen LogP contribution in [0.15, 0.2) is 24.5 Å². The van der Waals surface area contributed by atoms with E-state index >= 15 is 0 Å². The van der Waals surface area contributed by atoms with Crippen LogP contribution < -0.4 is 4.57 Å². The summed E-state index contributed by atoms with van der Waals surface area (Å²) in [6.07, 6.45) is 6.59. The van der Waals surface area contributed by atoms with E-state index in [1.54, 1.807) is 7.11 Å². The lowest BCUT2D eigenvalue weighted by molar-refractivity contribution is -0.704. The fourth-order valence-corrected chi connectivity index (χ4v) is 1.84. The minimum absolute atomic E-state index is 0.122. The van der Waals surface area contributed by atoms with Gasteiger partial charge in [0.2, 0.25) is 0 Å². The summed E-state index contributed by atoms with van der Waals surface area (Å²) in [5.41, 5.74) is 1.36. The summed E-state index contributed by atoms with van der Waals surface area (Å²) in [5.74, 6) is 0.604. The van der Waals surface area contributed by atoms with E-state index < -0.39 is 0 Å². The van der Waals surface area contributed by atoms with Gasteiger partial charge in [-0.2, -0.15) is 0 Å². The van der Waals surface area contributed by atoms with Crippen molar-refractivity contribution in [2.24, 2.45) is 5.92 Å². The van der Waals surface area contributed by atoms with Crippen molar-refractivity contribution in [1.82, 2.24) is 0 Å². The molecule has 0 saturated heterocycles. The quantitative estimate of drug-likeness (QED) is 0.641. The molecule has 2 unspecified atom stereocenters. The average Bonchev–Trinajstić information content (AvgIpc) is 2.45. The zero-order valence-corrected chi connectivity index (χ0v) is 12.8. The van der Waals surface area contributed by atoms with Crippen LogP contribution in [-0.2, 0) is 22.4 Å². The third-order valence-electron chi connectivity index (χ3n) is 3.45. The van der Waals surface area contributed by atoms with Crippen molar-refractivity contribution in [2.75, 3.05) is 20.3 Å². The molecule has 0 spiro atoms. The molecule has 0 aliphatic heterocycles. The molecule has 1 rings (SSSR count). The minimum Gasteiger partial charge on any atom is -0.382 e. The van der Waals surface area contributed by atoms with Gasteiger partial charge in [-0.15, -0.1) is 0 Å². The van der Waals surface area contributed by atoms with Crippen molar-refractivity contribution in [2.45, 2.75) is 46.3 Å². The Morgan fingerprint density at radius 3 is 2.37 bits per heavy atom. The number of pyridine rings is 1. The molecule has 0 amide bonds. The van der Waals surface area contributed by atoms with Crippen LogP contribution in [0.5, 0.6) is 0 Å². The number of nitrogens with zero attached hydrogens (tertiary/aromatic N) is 1. The van der Waals surface area contributed by atoms with Gasteiger partial charge in [0.1, 0.15) is 6.10 Å². The monoisotopic (exact) mass is 266 g/mol. The molecule has 1 aromatic heterocycles. The van der Waals surface area contributed by atoms with Crippen LogP contribution >= 0.6 is 0 Å². The van der Waals surface area contributed by atoms with Crippen molar-refractivity contribution >= 4 is 0 Å². The standard InChI is InChI=1S/C16H28NO2/c1-5-14(3)12-19-16(13-18-4)11-17-9-7-15(6-2)8-10-17/h7-10,14,16H,5-6,11-13H2,1-4H3/q+1. The SMILES string of the molecule is CCc1cc[n+](CC(COC)OCC(C)CC)cc1. The van der Waals surface area contributed by atoms with Crippen LogP contribution in [0.2, 0.25) is 0 Å². The van der Waals surface area contributed by atoms with Gasteiger partial charge in [0, 0.05) is 25.8 Å². The number of ether oxygens (including phenoxy) is 2. The summed E-state index contributed by atoms with van der Waals surface area (Å²) in [5, 5.41) is 0. The molecule has 0 bridgehead atoms. The van der Waals surface area contributed by atoms with Crippen molar-refractivity contribution in [3.05, 3.63) is 30.1 Å². The summed E-state index contributed by atoms with van der Waals surface area (Å²) in [6.45, 7) is 8.86. The third kappa shape index (κ3) is 6.17. The Hall–Kier alpha value is -0.930. The molecule has 0 N–H and O–H groups in total. The van der Waals surface area contributed by atoms with Crippen LogP contribution in [0.4, 0.5) is 0 Å². The van der Waals surface area contributed by atoms with Gasteiger partial charge in [-0.3, -0.25) is 0 Å². The molecule has 1 heterocycles. The lowest BCUT2D eigenvalue weighted by atomic mass is 10.1. The van der Waals surface area contributed by atoms with Gasteiger partial charge in [0.25, 0.3) is 0 Å². The van der Waals surface area contributed by atoms with Crippen LogP contribution in [0.1, 0.15) is 32.8 Å². The van der Waals surface area contributed by atoms with Crippen molar-refractivity contribution in [3.8, 4) is 0 Å². The molecule has 0 radical (unpaired) electrons. The molecular formula is C16H28NO2+. The summed E-state index contributed by atoms with van der Waals surface area (Å²) >= 11 is 0. The van der Waals surface area contributed by atoms with E-state index in [1.807, 2.05) is 0 Å². The summed E-state index contributed by atoms with van der Waals surface area (Å²) in [4.78, 5) is 0. The van der Waals surface area contributed by atoms with E-state index in [1.165, 1.54) is 5.56 Å². The van der Waals surface area contributed by atoms with Gasteiger partial charge in [0.15, 0.2) is 18.9 Å². The minimum atomic E-state index is 0.122. The second-order valence-electron chi connectivity index (χ2n) is 5.18.